The average Bonchev–Trinajstić information content (AvgIpc) is 3.20. The van der Waals surface area contributed by atoms with Crippen LogP contribution in [0, 0.1) is 23.7 Å². The number of nitrogens with zero attached hydrogens (tertiary/aromatic N) is 3. The lowest BCUT2D eigenvalue weighted by Crippen LogP contribution is -2.60. The Hall–Kier alpha value is -3.11. The first kappa shape index (κ1) is 48.6. The molecule has 2 fully saturated rings. The minimum Gasteiger partial charge on any atom is -0.459 e. The van der Waals surface area contributed by atoms with Crippen LogP contribution in [0.1, 0.15) is 94.1 Å². The molecule has 2 aliphatic heterocycles. The molecular formula is C46H71N3O10. The lowest BCUT2D eigenvalue weighted by atomic mass is 9.73. The van der Waals surface area contributed by atoms with Gasteiger partial charge in [-0.3, -0.25) is 4.79 Å². The van der Waals surface area contributed by atoms with Crippen LogP contribution in [0.3, 0.4) is 0 Å². The highest BCUT2D eigenvalue weighted by atomic mass is 16.7. The molecule has 0 spiro atoms. The number of carbonyl (C=O) groups is 1. The lowest BCUT2D eigenvalue weighted by Gasteiger charge is -2.49. The molecule has 0 radical (unpaired) electrons. The van der Waals surface area contributed by atoms with E-state index >= 15 is 0 Å². The van der Waals surface area contributed by atoms with Gasteiger partial charge in [-0.15, -0.1) is 0 Å². The van der Waals surface area contributed by atoms with Crippen LogP contribution >= 0.6 is 0 Å². The van der Waals surface area contributed by atoms with Crippen molar-refractivity contribution < 1.29 is 48.9 Å². The minimum absolute atomic E-state index is 0.195. The molecule has 2 aromatic carbocycles. The van der Waals surface area contributed by atoms with Gasteiger partial charge in [0.15, 0.2) is 12.6 Å². The smallest absolute Gasteiger partial charge is 0.311 e. The van der Waals surface area contributed by atoms with Crippen LogP contribution in [0.2, 0.25) is 0 Å². The monoisotopic (exact) mass is 826 g/mol. The summed E-state index contributed by atoms with van der Waals surface area (Å²) < 4.78 is 31.7. The number of aliphatic hydroxyl groups excluding tert-OH is 3. The molecule has 0 bridgehead atoms. The lowest BCUT2D eigenvalue weighted by molar-refractivity contribution is -0.305. The van der Waals surface area contributed by atoms with Gasteiger partial charge in [-0.1, -0.05) is 82.3 Å². The number of esters is 1. The van der Waals surface area contributed by atoms with Crippen LogP contribution in [-0.2, 0) is 28.5 Å². The van der Waals surface area contributed by atoms with E-state index < -0.39 is 83.9 Å². The normalized spacial score (nSPS) is 38.2. The molecule has 330 valence electrons. The van der Waals surface area contributed by atoms with E-state index in [2.05, 4.69) is 12.1 Å². The predicted octanol–water partition coefficient (Wildman–Crippen LogP) is 5.84. The summed E-state index contributed by atoms with van der Waals surface area (Å²) in [6, 6.07) is 17.9. The maximum atomic E-state index is 14.1. The SMILES string of the molecule is CCC1OC(=O)C(C)C(OC(C)O)C(C)C(OC2OC(C)CC(N(C)C)C2O)C(C)(OC)CC(C)C(=NN=C(C)c2ccc(-c3ccccc3)cc2)C(C)C(O)C1(C)O. The molecule has 0 aromatic heterocycles. The van der Waals surface area contributed by atoms with Crippen LogP contribution in [0.15, 0.2) is 64.8 Å². The molecule has 2 aliphatic rings. The fraction of sp³-hybridized carbons (Fsp3) is 0.674. The summed E-state index contributed by atoms with van der Waals surface area (Å²) in [5.74, 6) is -3.57. The molecule has 4 N–H and O–H groups in total. The zero-order chi connectivity index (χ0) is 44.0. The van der Waals surface area contributed by atoms with Crippen LogP contribution in [0.25, 0.3) is 11.1 Å². The Morgan fingerprint density at radius 2 is 1.59 bits per heavy atom. The van der Waals surface area contributed by atoms with Gasteiger partial charge in [0.1, 0.15) is 17.8 Å². The van der Waals surface area contributed by atoms with Crippen LogP contribution in [0.5, 0.6) is 0 Å². The number of hydrogen-bond acceptors (Lipinski definition) is 13. The Morgan fingerprint density at radius 3 is 2.15 bits per heavy atom. The Bertz CT molecular complexity index is 1700. The van der Waals surface area contributed by atoms with Gasteiger partial charge in [0, 0.05) is 30.7 Å². The van der Waals surface area contributed by atoms with Crippen molar-refractivity contribution in [2.24, 2.45) is 33.9 Å². The Balaban J connectivity index is 1.87. The van der Waals surface area contributed by atoms with Gasteiger partial charge in [0.25, 0.3) is 0 Å². The number of rotatable bonds is 10. The zero-order valence-electron chi connectivity index (χ0n) is 37.4. The van der Waals surface area contributed by atoms with Crippen molar-refractivity contribution >= 4 is 17.4 Å². The highest BCUT2D eigenvalue weighted by molar-refractivity contribution is 6.00. The number of aliphatic hydroxyl groups is 4. The molecule has 13 heteroatoms. The summed E-state index contributed by atoms with van der Waals surface area (Å²) >= 11 is 0. The quantitative estimate of drug-likeness (QED) is 0.0982. The molecule has 4 rings (SSSR count). The van der Waals surface area contributed by atoms with Gasteiger partial charge in [-0.05, 0) is 97.5 Å². The number of carbonyl (C=O) groups excluding carboxylic acids is 1. The van der Waals surface area contributed by atoms with Gasteiger partial charge in [-0.25, -0.2) is 0 Å². The summed E-state index contributed by atoms with van der Waals surface area (Å²) in [6.45, 7) is 17.6. The fourth-order valence-corrected chi connectivity index (χ4v) is 8.97. The van der Waals surface area contributed by atoms with Crippen LogP contribution < -0.4 is 0 Å². The third kappa shape index (κ3) is 11.4. The molecular weight excluding hydrogens is 755 g/mol. The maximum absolute atomic E-state index is 14.1. The minimum atomic E-state index is -1.91. The van der Waals surface area contributed by atoms with E-state index in [0.29, 0.717) is 17.8 Å². The van der Waals surface area contributed by atoms with E-state index in [9.17, 15) is 25.2 Å². The highest BCUT2D eigenvalue weighted by Crippen LogP contribution is 2.40. The standard InChI is InChI=1S/C46H71N3O10/c1-14-37-46(10,54)41(52)28(4)38(48-47-31(7)33-20-22-35(23-21-33)34-18-16-15-17-19-34)26(2)25-45(9,55-13)42(29(5)40(57-32(8)50)30(6)43(53)58-37)59-44-39(51)36(49(11)12)24-27(3)56-44/h15-23,26-30,32,36-37,39-42,44,50-52,54H,14,24-25H2,1-13H3. The van der Waals surface area contributed by atoms with E-state index in [1.807, 2.05) is 96.1 Å². The number of hydrogen-bond donors (Lipinski definition) is 4. The summed E-state index contributed by atoms with van der Waals surface area (Å²) in [5.41, 5.74) is 1.05. The second kappa shape index (κ2) is 20.6. The first-order valence-corrected chi connectivity index (χ1v) is 21.1. The molecule has 15 atom stereocenters. The summed E-state index contributed by atoms with van der Waals surface area (Å²) in [6.07, 6.45) is -7.06. The van der Waals surface area contributed by atoms with E-state index in [4.69, 9.17) is 33.9 Å². The first-order valence-electron chi connectivity index (χ1n) is 21.1. The van der Waals surface area contributed by atoms with E-state index in [1.54, 1.807) is 27.9 Å². The van der Waals surface area contributed by atoms with Gasteiger partial charge >= 0.3 is 5.97 Å². The number of ether oxygens (including phenoxy) is 5. The van der Waals surface area contributed by atoms with Gasteiger partial charge < -0.3 is 49.0 Å². The topological polar surface area (TPSA) is 172 Å². The largest absolute Gasteiger partial charge is 0.459 e. The molecule has 0 saturated carbocycles. The number of methoxy groups -OCH3 is 1. The summed E-state index contributed by atoms with van der Waals surface area (Å²) in [4.78, 5) is 16.0. The van der Waals surface area contributed by atoms with Crippen LogP contribution in [0.4, 0.5) is 0 Å². The second-order valence-electron chi connectivity index (χ2n) is 17.5. The summed E-state index contributed by atoms with van der Waals surface area (Å²) in [5, 5.41) is 55.9. The third-order valence-corrected chi connectivity index (χ3v) is 12.6. The van der Waals surface area contributed by atoms with Gasteiger partial charge in [0.05, 0.1) is 41.6 Å². The van der Waals surface area contributed by atoms with E-state index in [1.165, 1.54) is 13.8 Å². The van der Waals surface area contributed by atoms with Crippen molar-refractivity contribution in [3.8, 4) is 11.1 Å². The zero-order valence-corrected chi connectivity index (χ0v) is 37.4. The Morgan fingerprint density at radius 1 is 0.983 bits per heavy atom. The molecule has 2 aromatic rings. The molecule has 0 amide bonds. The Labute approximate surface area is 351 Å². The maximum Gasteiger partial charge on any atom is 0.311 e. The van der Waals surface area contributed by atoms with Crippen molar-refractivity contribution in [1.82, 2.24) is 4.90 Å². The first-order chi connectivity index (χ1) is 27.7. The van der Waals surface area contributed by atoms with Gasteiger partial charge in [-0.2, -0.15) is 10.2 Å². The molecule has 0 aliphatic carbocycles. The number of benzene rings is 2. The highest BCUT2D eigenvalue weighted by Gasteiger charge is 2.52. The van der Waals surface area contributed by atoms with Crippen molar-refractivity contribution in [1.29, 1.82) is 0 Å². The van der Waals surface area contributed by atoms with E-state index in [0.717, 1.165) is 16.7 Å². The molecule has 15 unspecified atom stereocenters. The summed E-state index contributed by atoms with van der Waals surface area (Å²) in [7, 11) is 5.36. The average molecular weight is 826 g/mol. The van der Waals surface area contributed by atoms with E-state index in [-0.39, 0.29) is 25.0 Å². The van der Waals surface area contributed by atoms with Crippen LogP contribution in [-0.4, -0.2) is 130 Å². The fourth-order valence-electron chi connectivity index (χ4n) is 8.97. The number of likely N-dealkylation sites (N-methyl/N-ethyl adjacent to an activating group) is 1. The van der Waals surface area contributed by atoms with Gasteiger partial charge in [0.2, 0.25) is 0 Å². The Kier molecular flexibility index (Phi) is 17.0. The van der Waals surface area contributed by atoms with Crippen molar-refractivity contribution in [3.05, 3.63) is 60.2 Å². The van der Waals surface area contributed by atoms with Crippen molar-refractivity contribution in [2.75, 3.05) is 21.2 Å². The molecule has 2 saturated heterocycles. The molecule has 59 heavy (non-hydrogen) atoms. The molecule has 13 nitrogen and oxygen atoms in total. The number of cyclic esters (lactones) is 1. The second-order valence-corrected chi connectivity index (χ2v) is 17.5. The predicted molar refractivity (Wildman–Crippen MR) is 229 cm³/mol. The van der Waals surface area contributed by atoms with Crippen molar-refractivity contribution in [2.45, 2.75) is 155 Å². The van der Waals surface area contributed by atoms with Crippen molar-refractivity contribution in [3.63, 3.8) is 0 Å². The third-order valence-electron chi connectivity index (χ3n) is 12.6. The molecule has 2 heterocycles.